The molecule has 2 nitrogen and oxygen atoms in total. The van der Waals surface area contributed by atoms with Crippen molar-refractivity contribution in [3.8, 4) is 5.75 Å². The van der Waals surface area contributed by atoms with Crippen molar-refractivity contribution in [2.45, 2.75) is 30.6 Å². The third-order valence-corrected chi connectivity index (χ3v) is 3.63. The predicted molar refractivity (Wildman–Crippen MR) is 70.8 cm³/mol. The number of hydrogen-bond donors (Lipinski definition) is 1. The number of rotatable bonds is 6. The number of benzene rings is 1. The molecule has 0 amide bonds. The zero-order valence-corrected chi connectivity index (χ0v) is 13.9. The molecule has 0 aromatic heterocycles. The molecule has 0 fully saturated rings. The van der Waals surface area contributed by atoms with Crippen LogP contribution in [0.4, 0.5) is 48.3 Å². The maximum absolute atomic E-state index is 13.5. The van der Waals surface area contributed by atoms with Gasteiger partial charge in [-0.1, -0.05) is 6.07 Å². The lowest BCUT2D eigenvalue weighted by Crippen LogP contribution is -2.61. The quantitative estimate of drug-likeness (QED) is 0.404. The van der Waals surface area contributed by atoms with Gasteiger partial charge in [0, 0.05) is 0 Å². The van der Waals surface area contributed by atoms with Crippen LogP contribution in [0, 0.1) is 0 Å². The van der Waals surface area contributed by atoms with Crippen LogP contribution in [0.3, 0.4) is 0 Å². The molecule has 0 atom stereocenters. The molecule has 0 unspecified atom stereocenters. The van der Waals surface area contributed by atoms with E-state index in [1.165, 1.54) is 6.07 Å². The molecule has 0 aliphatic rings. The average molecular weight is 483 g/mol. The Morgan fingerprint density at radius 2 is 1.44 bits per heavy atom. The van der Waals surface area contributed by atoms with E-state index in [-0.39, 0.29) is 10.0 Å². The zero-order chi connectivity index (χ0) is 21.4. The molecule has 0 bridgehead atoms. The van der Waals surface area contributed by atoms with Gasteiger partial charge in [-0.05, 0) is 33.6 Å². The molecule has 154 valence electrons. The Morgan fingerprint density at radius 1 is 0.926 bits per heavy atom. The molecule has 1 N–H and O–H groups in total. The van der Waals surface area contributed by atoms with E-state index in [2.05, 4.69) is 20.7 Å². The minimum absolute atomic E-state index is 0.0536. The van der Waals surface area contributed by atoms with Crippen LogP contribution in [-0.4, -0.2) is 29.1 Å². The first-order chi connectivity index (χ1) is 12.0. The van der Waals surface area contributed by atoms with Gasteiger partial charge in [-0.25, -0.2) is 0 Å². The van der Waals surface area contributed by atoms with E-state index < -0.39 is 48.1 Å². The molecule has 14 heteroatoms. The number of alkyl halides is 9. The third kappa shape index (κ3) is 4.15. The summed E-state index contributed by atoms with van der Waals surface area (Å²) in [6, 6.07) is -0.260. The molecule has 1 rings (SSSR count). The third-order valence-electron chi connectivity index (χ3n) is 2.97. The van der Waals surface area contributed by atoms with Gasteiger partial charge in [0.2, 0.25) is 5.83 Å². The fourth-order valence-electron chi connectivity index (χ4n) is 1.50. The Balaban J connectivity index is 3.36. The second kappa shape index (κ2) is 7.45. The van der Waals surface area contributed by atoms with Gasteiger partial charge in [0.05, 0.1) is 11.1 Å². The number of ether oxygens (including phenoxy) is 1. The summed E-state index contributed by atoms with van der Waals surface area (Å²) in [6.07, 6.45) is -7.18. The molecule has 0 saturated carbocycles. The van der Waals surface area contributed by atoms with Gasteiger partial charge in [0.1, 0.15) is 5.75 Å². The Hall–Kier alpha value is -1.57. The summed E-state index contributed by atoms with van der Waals surface area (Å²) in [4.78, 5) is 0. The number of halogens is 12. The van der Waals surface area contributed by atoms with Gasteiger partial charge in [0.25, 0.3) is 0 Å². The van der Waals surface area contributed by atoms with Crippen molar-refractivity contribution in [2.75, 3.05) is 0 Å². The molecule has 0 heterocycles. The first kappa shape index (κ1) is 23.5. The van der Waals surface area contributed by atoms with Crippen molar-refractivity contribution in [3.05, 3.63) is 40.1 Å². The van der Waals surface area contributed by atoms with Crippen molar-refractivity contribution >= 4 is 15.9 Å². The predicted octanol–water partition coefficient (Wildman–Crippen LogP) is 5.90. The van der Waals surface area contributed by atoms with Crippen LogP contribution in [0.15, 0.2) is 34.5 Å². The van der Waals surface area contributed by atoms with Gasteiger partial charge < -0.3 is 9.84 Å². The number of allylic oxidation sites excluding steroid dienone is 1. The molecule has 1 aromatic carbocycles. The van der Waals surface area contributed by atoms with Gasteiger partial charge in [-0.15, -0.1) is 0 Å². The number of aliphatic hydroxyl groups is 1. The Kier molecular flexibility index (Phi) is 6.48. The molecule has 0 aliphatic carbocycles. The van der Waals surface area contributed by atoms with Crippen LogP contribution in [0.2, 0.25) is 0 Å². The van der Waals surface area contributed by atoms with Gasteiger partial charge >= 0.3 is 30.0 Å². The molecule has 0 spiro atoms. The molecule has 0 aliphatic heterocycles. The minimum Gasteiger partial charge on any atom is -0.428 e. The fraction of sp³-hybridized carbons (Fsp3) is 0.385. The highest BCUT2D eigenvalue weighted by Gasteiger charge is 2.83. The summed E-state index contributed by atoms with van der Waals surface area (Å²) in [6.45, 7) is -0.705. The average Bonchev–Trinajstić information content (AvgIpc) is 2.54. The highest BCUT2D eigenvalue weighted by Crippen LogP contribution is 2.55. The van der Waals surface area contributed by atoms with E-state index in [4.69, 9.17) is 5.11 Å². The second-order valence-corrected chi connectivity index (χ2v) is 5.69. The molecule has 0 radical (unpaired) electrons. The fourth-order valence-corrected chi connectivity index (χ4v) is 1.83. The van der Waals surface area contributed by atoms with Crippen molar-refractivity contribution in [1.29, 1.82) is 0 Å². The Labute approximate surface area is 151 Å². The van der Waals surface area contributed by atoms with Gasteiger partial charge in [-0.2, -0.15) is 48.3 Å². The van der Waals surface area contributed by atoms with E-state index in [1.54, 1.807) is 0 Å². The first-order valence-corrected chi connectivity index (χ1v) is 7.13. The maximum atomic E-state index is 13.5. The summed E-state index contributed by atoms with van der Waals surface area (Å²) in [7, 11) is 0. The molecule has 27 heavy (non-hydrogen) atoms. The van der Waals surface area contributed by atoms with E-state index in [9.17, 15) is 48.3 Å². The number of aliphatic hydroxyl groups excluding tert-OH is 1. The van der Waals surface area contributed by atoms with E-state index in [0.29, 0.717) is 0 Å². The van der Waals surface area contributed by atoms with E-state index in [0.717, 1.165) is 12.1 Å². The van der Waals surface area contributed by atoms with Crippen molar-refractivity contribution < 1.29 is 58.1 Å². The lowest BCUT2D eigenvalue weighted by Gasteiger charge is -2.32. The summed E-state index contributed by atoms with van der Waals surface area (Å²) < 4.78 is 144. The van der Waals surface area contributed by atoms with Crippen LogP contribution < -0.4 is 4.74 Å². The smallest absolute Gasteiger partial charge is 0.428 e. The monoisotopic (exact) mass is 482 g/mol. The normalized spacial score (nSPS) is 14.9. The van der Waals surface area contributed by atoms with Crippen molar-refractivity contribution in [1.82, 2.24) is 0 Å². The van der Waals surface area contributed by atoms with Gasteiger partial charge in [0.15, 0.2) is 0 Å². The molecule has 1 aromatic rings. The number of hydrogen-bond acceptors (Lipinski definition) is 2. The Morgan fingerprint density at radius 3 is 1.89 bits per heavy atom. The van der Waals surface area contributed by atoms with Crippen LogP contribution in [0.25, 0.3) is 0 Å². The first-order valence-electron chi connectivity index (χ1n) is 6.33. The zero-order valence-electron chi connectivity index (χ0n) is 12.3. The summed E-state index contributed by atoms with van der Waals surface area (Å²) in [5, 5.41) is 8.84. The maximum Gasteiger partial charge on any atom is 0.460 e. The summed E-state index contributed by atoms with van der Waals surface area (Å²) in [5.41, 5.74) is -0.0536. The Bertz CT molecular complexity index is 727. The van der Waals surface area contributed by atoms with Crippen molar-refractivity contribution in [2.24, 2.45) is 0 Å². The van der Waals surface area contributed by atoms with Crippen LogP contribution >= 0.6 is 15.9 Å². The highest BCUT2D eigenvalue weighted by molar-refractivity contribution is 9.10. The molecular weight excluding hydrogens is 477 g/mol. The van der Waals surface area contributed by atoms with Crippen LogP contribution in [0.1, 0.15) is 5.56 Å². The second-order valence-electron chi connectivity index (χ2n) is 4.83. The largest absolute Gasteiger partial charge is 0.460 e. The van der Waals surface area contributed by atoms with E-state index in [1.807, 2.05) is 0 Å². The molecular formula is C13H6BrF11O2. The van der Waals surface area contributed by atoms with Crippen LogP contribution in [-0.2, 0) is 6.61 Å². The summed E-state index contributed by atoms with van der Waals surface area (Å²) in [5.74, 6) is -26.5. The minimum atomic E-state index is -7.39. The lowest BCUT2D eigenvalue weighted by atomic mass is 10.0. The molecule has 0 saturated heterocycles. The van der Waals surface area contributed by atoms with Gasteiger partial charge in [-0.3, -0.25) is 0 Å². The van der Waals surface area contributed by atoms with Crippen molar-refractivity contribution in [3.63, 3.8) is 0 Å². The lowest BCUT2D eigenvalue weighted by molar-refractivity contribution is -0.392. The van der Waals surface area contributed by atoms with E-state index >= 15 is 0 Å². The highest BCUT2D eigenvalue weighted by atomic mass is 79.9. The standard InChI is InChI=1S/C13H6BrF11O2/c14-6-2-1-5(4-26)3-7(6)27-9(16)8(15)10(17,18)11(19,20)12(21,22)13(23,24)25/h1-3,26H,4H2. The SMILES string of the molecule is OCc1ccc(Br)c(OC(F)=C(F)C(F)(F)C(F)(F)C(F)(F)C(F)(F)F)c1. The van der Waals surface area contributed by atoms with Crippen LogP contribution in [0.5, 0.6) is 5.75 Å². The summed E-state index contributed by atoms with van der Waals surface area (Å²) >= 11 is 2.66. The topological polar surface area (TPSA) is 29.5 Å².